The summed E-state index contributed by atoms with van der Waals surface area (Å²) in [7, 11) is 1.72. The van der Waals surface area contributed by atoms with E-state index in [-0.39, 0.29) is 5.92 Å². The van der Waals surface area contributed by atoms with Crippen molar-refractivity contribution < 1.29 is 9.53 Å². The summed E-state index contributed by atoms with van der Waals surface area (Å²) in [4.78, 5) is 16.9. The average molecular weight is 328 g/mol. The van der Waals surface area contributed by atoms with Crippen LogP contribution in [0.1, 0.15) is 32.1 Å². The molecule has 1 saturated heterocycles. The number of methoxy groups -OCH3 is 1. The summed E-state index contributed by atoms with van der Waals surface area (Å²) in [5.74, 6) is 1.51. The van der Waals surface area contributed by atoms with Crippen molar-refractivity contribution in [1.82, 2.24) is 4.90 Å². The standard InChI is InChI=1S/C20H28N2O2/c1-24-20-10-6-5-9-18(20)22-15-13-21(14-16-22)12-11-19(23)17-7-3-2-4-8-17/h5-6,9-12,17H,2-4,7-8,13-16H2,1H3/b12-11+. The number of hydrogen-bond donors (Lipinski definition) is 0. The number of anilines is 1. The Bertz CT molecular complexity index is 571. The summed E-state index contributed by atoms with van der Waals surface area (Å²) < 4.78 is 5.46. The van der Waals surface area contributed by atoms with Gasteiger partial charge >= 0.3 is 0 Å². The van der Waals surface area contributed by atoms with E-state index in [1.807, 2.05) is 30.5 Å². The van der Waals surface area contributed by atoms with Gasteiger partial charge in [-0.2, -0.15) is 0 Å². The summed E-state index contributed by atoms with van der Waals surface area (Å²) >= 11 is 0. The Hall–Kier alpha value is -1.97. The molecule has 130 valence electrons. The van der Waals surface area contributed by atoms with E-state index in [1.54, 1.807) is 7.11 Å². The molecule has 2 fully saturated rings. The normalized spacial score (nSPS) is 19.7. The molecule has 0 unspecified atom stereocenters. The predicted octanol–water partition coefficient (Wildman–Crippen LogP) is 3.48. The number of ether oxygens (including phenoxy) is 1. The third-order valence-electron chi connectivity index (χ3n) is 5.20. The first-order chi connectivity index (χ1) is 11.8. The second-order valence-electron chi connectivity index (χ2n) is 6.75. The van der Waals surface area contributed by atoms with E-state index < -0.39 is 0 Å². The number of ketones is 1. The molecule has 0 aromatic heterocycles. The number of allylic oxidation sites excluding steroid dienone is 1. The van der Waals surface area contributed by atoms with Crippen molar-refractivity contribution >= 4 is 11.5 Å². The smallest absolute Gasteiger partial charge is 0.160 e. The summed E-state index contributed by atoms with van der Waals surface area (Å²) in [6.07, 6.45) is 9.68. The first-order valence-corrected chi connectivity index (χ1v) is 9.12. The minimum absolute atomic E-state index is 0.268. The number of nitrogens with zero attached hydrogens (tertiary/aromatic N) is 2. The van der Waals surface area contributed by atoms with Gasteiger partial charge in [-0.3, -0.25) is 4.79 Å². The van der Waals surface area contributed by atoms with E-state index >= 15 is 0 Å². The molecule has 4 heteroatoms. The molecule has 0 atom stereocenters. The van der Waals surface area contributed by atoms with Crippen molar-refractivity contribution in [1.29, 1.82) is 0 Å². The van der Waals surface area contributed by atoms with Gasteiger partial charge in [0, 0.05) is 38.3 Å². The van der Waals surface area contributed by atoms with Crippen molar-refractivity contribution in [2.45, 2.75) is 32.1 Å². The van der Waals surface area contributed by atoms with Crippen LogP contribution in [0.2, 0.25) is 0 Å². The molecule has 0 N–H and O–H groups in total. The molecular formula is C20H28N2O2. The van der Waals surface area contributed by atoms with E-state index in [0.29, 0.717) is 5.78 Å². The molecule has 1 aliphatic heterocycles. The van der Waals surface area contributed by atoms with Crippen molar-refractivity contribution in [2.24, 2.45) is 5.92 Å². The highest BCUT2D eigenvalue weighted by atomic mass is 16.5. The Kier molecular flexibility index (Phi) is 5.78. The molecule has 2 aliphatic rings. The fraction of sp³-hybridized carbons (Fsp3) is 0.550. The van der Waals surface area contributed by atoms with Crippen LogP contribution in [0.3, 0.4) is 0 Å². The lowest BCUT2D eigenvalue weighted by Crippen LogP contribution is -2.44. The van der Waals surface area contributed by atoms with Crippen LogP contribution in [0.25, 0.3) is 0 Å². The van der Waals surface area contributed by atoms with Crippen molar-refractivity contribution in [3.05, 3.63) is 36.5 Å². The van der Waals surface area contributed by atoms with Gasteiger partial charge in [-0.15, -0.1) is 0 Å². The van der Waals surface area contributed by atoms with Gasteiger partial charge in [0.2, 0.25) is 0 Å². The van der Waals surface area contributed by atoms with Crippen molar-refractivity contribution in [3.8, 4) is 5.75 Å². The predicted molar refractivity (Wildman–Crippen MR) is 97.5 cm³/mol. The van der Waals surface area contributed by atoms with Crippen molar-refractivity contribution in [2.75, 3.05) is 38.2 Å². The number of piperazine rings is 1. The minimum Gasteiger partial charge on any atom is -0.495 e. The van der Waals surface area contributed by atoms with Crippen LogP contribution in [0.4, 0.5) is 5.69 Å². The maximum atomic E-state index is 12.3. The average Bonchev–Trinajstić information content (AvgIpc) is 2.67. The first kappa shape index (κ1) is 16.9. The molecule has 24 heavy (non-hydrogen) atoms. The molecule has 1 aliphatic carbocycles. The van der Waals surface area contributed by atoms with Gasteiger partial charge in [-0.1, -0.05) is 31.4 Å². The number of para-hydroxylation sites is 2. The highest BCUT2D eigenvalue weighted by molar-refractivity contribution is 5.91. The van der Waals surface area contributed by atoms with Crippen LogP contribution in [0.15, 0.2) is 36.5 Å². The van der Waals surface area contributed by atoms with Crippen LogP contribution < -0.4 is 9.64 Å². The lowest BCUT2D eigenvalue weighted by molar-refractivity contribution is -0.119. The Balaban J connectivity index is 1.51. The Labute approximate surface area is 145 Å². The van der Waals surface area contributed by atoms with Gasteiger partial charge in [0.1, 0.15) is 5.75 Å². The zero-order valence-electron chi connectivity index (χ0n) is 14.6. The fourth-order valence-electron chi connectivity index (χ4n) is 3.70. The quantitative estimate of drug-likeness (QED) is 0.775. The maximum Gasteiger partial charge on any atom is 0.160 e. The number of carbonyl (C=O) groups excluding carboxylic acids is 1. The third-order valence-corrected chi connectivity index (χ3v) is 5.20. The van der Waals surface area contributed by atoms with E-state index in [9.17, 15) is 4.79 Å². The molecule has 1 aromatic carbocycles. The van der Waals surface area contributed by atoms with Crippen LogP contribution in [0, 0.1) is 5.92 Å². The lowest BCUT2D eigenvalue weighted by atomic mass is 9.86. The summed E-state index contributed by atoms with van der Waals surface area (Å²) in [6, 6.07) is 8.16. The Morgan fingerprint density at radius 2 is 1.79 bits per heavy atom. The molecule has 3 rings (SSSR count). The SMILES string of the molecule is COc1ccccc1N1CCN(/C=C/C(=O)C2CCCCC2)CC1. The van der Waals surface area contributed by atoms with Crippen LogP contribution in [-0.4, -0.2) is 44.0 Å². The van der Waals surface area contributed by atoms with Gasteiger partial charge in [-0.25, -0.2) is 0 Å². The number of benzene rings is 1. The second kappa shape index (κ2) is 8.22. The summed E-state index contributed by atoms with van der Waals surface area (Å²) in [5, 5.41) is 0. The van der Waals surface area contributed by atoms with Crippen molar-refractivity contribution in [3.63, 3.8) is 0 Å². The Morgan fingerprint density at radius 1 is 1.08 bits per heavy atom. The first-order valence-electron chi connectivity index (χ1n) is 9.12. The van der Waals surface area contributed by atoms with Gasteiger partial charge in [0.05, 0.1) is 12.8 Å². The number of carbonyl (C=O) groups is 1. The molecular weight excluding hydrogens is 300 g/mol. The molecule has 0 bridgehead atoms. The van der Waals surface area contributed by atoms with Crippen LogP contribution in [-0.2, 0) is 4.79 Å². The maximum absolute atomic E-state index is 12.3. The lowest BCUT2D eigenvalue weighted by Gasteiger charge is -2.36. The van der Waals surface area contributed by atoms with Gasteiger partial charge in [-0.05, 0) is 31.1 Å². The van der Waals surface area contributed by atoms with Gasteiger partial charge < -0.3 is 14.5 Å². The van der Waals surface area contributed by atoms with Crippen LogP contribution in [0.5, 0.6) is 5.75 Å². The molecule has 0 amide bonds. The summed E-state index contributed by atoms with van der Waals surface area (Å²) in [5.41, 5.74) is 1.15. The van der Waals surface area contributed by atoms with E-state index in [1.165, 1.54) is 19.3 Å². The van der Waals surface area contributed by atoms with E-state index in [0.717, 1.165) is 50.5 Å². The number of hydrogen-bond acceptors (Lipinski definition) is 4. The summed E-state index contributed by atoms with van der Waals surface area (Å²) in [6.45, 7) is 3.77. The van der Waals surface area contributed by atoms with E-state index in [4.69, 9.17) is 4.74 Å². The van der Waals surface area contributed by atoms with Gasteiger partial charge in [0.25, 0.3) is 0 Å². The molecule has 0 radical (unpaired) electrons. The topological polar surface area (TPSA) is 32.8 Å². The molecule has 1 aromatic rings. The number of rotatable bonds is 5. The molecule has 1 heterocycles. The molecule has 1 saturated carbocycles. The fourth-order valence-corrected chi connectivity index (χ4v) is 3.70. The highest BCUT2D eigenvalue weighted by Gasteiger charge is 2.20. The second-order valence-corrected chi connectivity index (χ2v) is 6.75. The molecule has 0 spiro atoms. The third kappa shape index (κ3) is 4.11. The highest BCUT2D eigenvalue weighted by Crippen LogP contribution is 2.28. The van der Waals surface area contributed by atoms with E-state index in [2.05, 4.69) is 15.9 Å². The zero-order valence-corrected chi connectivity index (χ0v) is 14.6. The largest absolute Gasteiger partial charge is 0.495 e. The van der Waals surface area contributed by atoms with Crippen LogP contribution >= 0.6 is 0 Å². The molecule has 4 nitrogen and oxygen atoms in total. The van der Waals surface area contributed by atoms with Gasteiger partial charge in [0.15, 0.2) is 5.78 Å². The monoisotopic (exact) mass is 328 g/mol. The Morgan fingerprint density at radius 3 is 2.50 bits per heavy atom. The minimum atomic E-state index is 0.268. The zero-order chi connectivity index (χ0) is 16.8.